The molecular weight excluding hydrogens is 426 g/mol. The van der Waals surface area contributed by atoms with E-state index < -0.39 is 0 Å². The zero-order valence-corrected chi connectivity index (χ0v) is 19.7. The van der Waals surface area contributed by atoms with Gasteiger partial charge in [-0.25, -0.2) is 4.98 Å². The fourth-order valence-corrected chi connectivity index (χ4v) is 5.39. The zero-order valence-electron chi connectivity index (χ0n) is 19.7. The zero-order chi connectivity index (χ0) is 22.9. The average molecular weight is 458 g/mol. The number of benzene rings is 2. The smallest absolute Gasteiger partial charge is 0.137 e. The number of para-hydroxylation sites is 1. The van der Waals surface area contributed by atoms with Gasteiger partial charge in [-0.1, -0.05) is 23.4 Å². The van der Waals surface area contributed by atoms with E-state index in [4.69, 9.17) is 19.7 Å². The van der Waals surface area contributed by atoms with Crippen molar-refractivity contribution in [2.45, 2.75) is 12.8 Å². The lowest BCUT2D eigenvalue weighted by Crippen LogP contribution is -2.44. The highest BCUT2D eigenvalue weighted by atomic mass is 16.6. The van der Waals surface area contributed by atoms with Crippen LogP contribution in [0, 0.1) is 0 Å². The highest BCUT2D eigenvalue weighted by Crippen LogP contribution is 2.46. The first kappa shape index (κ1) is 21.4. The number of pyridine rings is 1. The summed E-state index contributed by atoms with van der Waals surface area (Å²) < 4.78 is 5.58. The predicted molar refractivity (Wildman–Crippen MR) is 136 cm³/mol. The number of anilines is 1. The molecule has 7 nitrogen and oxygen atoms in total. The van der Waals surface area contributed by atoms with Crippen LogP contribution in [-0.4, -0.2) is 75.1 Å². The van der Waals surface area contributed by atoms with Crippen LogP contribution < -0.4 is 15.0 Å². The Balaban J connectivity index is 1.48. The number of fused-ring (bicyclic) bond motifs is 5. The number of ether oxygens (including phenoxy) is 1. The summed E-state index contributed by atoms with van der Waals surface area (Å²) >= 11 is 0. The van der Waals surface area contributed by atoms with Crippen LogP contribution in [0.3, 0.4) is 0 Å². The van der Waals surface area contributed by atoms with Gasteiger partial charge in [-0.3, -0.25) is 4.90 Å². The van der Waals surface area contributed by atoms with Gasteiger partial charge in [0.25, 0.3) is 0 Å². The molecule has 3 aliphatic rings. The number of piperazine rings is 1. The molecule has 3 aromatic rings. The summed E-state index contributed by atoms with van der Waals surface area (Å²) in [4.78, 5) is 16.0. The standard InChI is InChI=1S/C27H31N5O2/c1-33-19-8-9-20-22(18-19)26(30-34-17-16-31-12-4-5-13-31)24-21-6-2-3-7-23(21)29-27(25(20)24)32-14-10-28-11-15-32/h2-3,6-9,18,28H,4-5,10-17H2,1H3/b30-26+. The first-order valence-electron chi connectivity index (χ1n) is 12.3. The normalized spacial score (nSPS) is 19.0. The molecule has 0 amide bonds. The summed E-state index contributed by atoms with van der Waals surface area (Å²) in [6.45, 7) is 7.60. The topological polar surface area (TPSA) is 62.2 Å². The molecule has 6 rings (SSSR count). The molecule has 3 heterocycles. The van der Waals surface area contributed by atoms with E-state index in [1.165, 1.54) is 12.8 Å². The summed E-state index contributed by atoms with van der Waals surface area (Å²) in [7, 11) is 1.70. The van der Waals surface area contributed by atoms with Crippen LogP contribution in [0.4, 0.5) is 5.82 Å². The number of oxime groups is 1. The van der Waals surface area contributed by atoms with E-state index >= 15 is 0 Å². The molecule has 0 unspecified atom stereocenters. The van der Waals surface area contributed by atoms with Crippen molar-refractivity contribution in [3.8, 4) is 16.9 Å². The third kappa shape index (κ3) is 3.79. The Morgan fingerprint density at radius 1 is 0.971 bits per heavy atom. The molecule has 7 heteroatoms. The van der Waals surface area contributed by atoms with E-state index in [9.17, 15) is 0 Å². The van der Waals surface area contributed by atoms with Gasteiger partial charge in [-0.15, -0.1) is 0 Å². The van der Waals surface area contributed by atoms with Gasteiger partial charge in [-0.05, 0) is 55.8 Å². The number of likely N-dealkylation sites (tertiary alicyclic amines) is 1. The van der Waals surface area contributed by atoms with Crippen molar-refractivity contribution >= 4 is 22.4 Å². The lowest BCUT2D eigenvalue weighted by molar-refractivity contribution is 0.119. The van der Waals surface area contributed by atoms with Crippen molar-refractivity contribution in [1.29, 1.82) is 0 Å². The van der Waals surface area contributed by atoms with Crippen LogP contribution in [0.2, 0.25) is 0 Å². The van der Waals surface area contributed by atoms with Gasteiger partial charge in [0.05, 0.1) is 12.6 Å². The molecule has 0 atom stereocenters. The number of hydrogen-bond donors (Lipinski definition) is 1. The molecule has 2 fully saturated rings. The van der Waals surface area contributed by atoms with Crippen molar-refractivity contribution in [2.24, 2.45) is 5.16 Å². The van der Waals surface area contributed by atoms with Gasteiger partial charge in [0, 0.05) is 54.8 Å². The monoisotopic (exact) mass is 457 g/mol. The quantitative estimate of drug-likeness (QED) is 0.353. The van der Waals surface area contributed by atoms with Gasteiger partial charge < -0.3 is 19.8 Å². The molecule has 0 radical (unpaired) electrons. The number of rotatable bonds is 6. The van der Waals surface area contributed by atoms with Gasteiger partial charge >= 0.3 is 0 Å². The Bertz CT molecular complexity index is 1230. The minimum Gasteiger partial charge on any atom is -0.497 e. The Morgan fingerprint density at radius 3 is 2.62 bits per heavy atom. The molecule has 2 aromatic carbocycles. The highest BCUT2D eigenvalue weighted by Gasteiger charge is 2.33. The molecular formula is C27H31N5O2. The predicted octanol–water partition coefficient (Wildman–Crippen LogP) is 3.50. The molecule has 2 aliphatic heterocycles. The number of methoxy groups -OCH3 is 1. The molecule has 1 N–H and O–H groups in total. The van der Waals surface area contributed by atoms with E-state index in [-0.39, 0.29) is 0 Å². The number of aromatic nitrogens is 1. The van der Waals surface area contributed by atoms with Crippen LogP contribution in [0.15, 0.2) is 47.6 Å². The molecule has 0 spiro atoms. The van der Waals surface area contributed by atoms with E-state index in [0.29, 0.717) is 6.61 Å². The fourth-order valence-electron chi connectivity index (χ4n) is 5.39. The Kier molecular flexibility index (Phi) is 5.81. The Morgan fingerprint density at radius 2 is 1.79 bits per heavy atom. The van der Waals surface area contributed by atoms with E-state index in [1.807, 2.05) is 6.07 Å². The second kappa shape index (κ2) is 9.24. The summed E-state index contributed by atoms with van der Waals surface area (Å²) in [6, 6.07) is 14.6. The van der Waals surface area contributed by atoms with Gasteiger partial charge in [-0.2, -0.15) is 0 Å². The molecule has 1 aliphatic carbocycles. The number of nitrogens with zero attached hydrogens (tertiary/aromatic N) is 4. The molecule has 34 heavy (non-hydrogen) atoms. The molecule has 0 bridgehead atoms. The minimum atomic E-state index is 0.589. The molecule has 1 aromatic heterocycles. The van der Waals surface area contributed by atoms with E-state index in [2.05, 4.69) is 51.5 Å². The van der Waals surface area contributed by atoms with Crippen LogP contribution in [0.25, 0.3) is 22.0 Å². The summed E-state index contributed by atoms with van der Waals surface area (Å²) in [5.74, 6) is 1.85. The van der Waals surface area contributed by atoms with Crippen molar-refractivity contribution in [1.82, 2.24) is 15.2 Å². The van der Waals surface area contributed by atoms with Crippen molar-refractivity contribution in [2.75, 3.05) is 64.4 Å². The van der Waals surface area contributed by atoms with E-state index in [1.54, 1.807) is 7.11 Å². The molecule has 0 saturated carbocycles. The van der Waals surface area contributed by atoms with E-state index in [0.717, 1.165) is 96.2 Å². The van der Waals surface area contributed by atoms with Crippen LogP contribution in [0.5, 0.6) is 5.75 Å². The summed E-state index contributed by atoms with van der Waals surface area (Å²) in [5, 5.41) is 9.32. The highest BCUT2D eigenvalue weighted by molar-refractivity contribution is 6.30. The third-order valence-electron chi connectivity index (χ3n) is 7.13. The van der Waals surface area contributed by atoms with Gasteiger partial charge in [0.1, 0.15) is 23.9 Å². The lowest BCUT2D eigenvalue weighted by Gasteiger charge is -2.30. The Hall–Kier alpha value is -3.16. The maximum Gasteiger partial charge on any atom is 0.137 e. The molecule has 2 saturated heterocycles. The van der Waals surface area contributed by atoms with Crippen molar-refractivity contribution < 1.29 is 9.57 Å². The van der Waals surface area contributed by atoms with Gasteiger partial charge in [0.15, 0.2) is 0 Å². The first-order chi connectivity index (χ1) is 16.8. The van der Waals surface area contributed by atoms with Crippen LogP contribution in [0.1, 0.15) is 24.0 Å². The average Bonchev–Trinajstić information content (AvgIpc) is 3.53. The maximum absolute atomic E-state index is 5.96. The van der Waals surface area contributed by atoms with Gasteiger partial charge in [0.2, 0.25) is 0 Å². The maximum atomic E-state index is 5.96. The third-order valence-corrected chi connectivity index (χ3v) is 7.13. The minimum absolute atomic E-state index is 0.589. The molecule has 176 valence electrons. The second-order valence-electron chi connectivity index (χ2n) is 9.17. The van der Waals surface area contributed by atoms with Crippen molar-refractivity contribution in [3.05, 3.63) is 53.6 Å². The first-order valence-corrected chi connectivity index (χ1v) is 12.3. The Labute approximate surface area is 200 Å². The van der Waals surface area contributed by atoms with Crippen molar-refractivity contribution in [3.63, 3.8) is 0 Å². The fraction of sp³-hybridized carbons (Fsp3) is 0.407. The van der Waals surface area contributed by atoms with Crippen LogP contribution in [-0.2, 0) is 4.84 Å². The lowest BCUT2D eigenvalue weighted by atomic mass is 10.0. The summed E-state index contributed by atoms with van der Waals surface area (Å²) in [6.07, 6.45) is 2.56. The SMILES string of the molecule is COc1ccc2c(c1)/C(=N\OCCN1CCCC1)c1c-2c(N2CCNCC2)nc2ccccc12. The number of hydrogen-bond acceptors (Lipinski definition) is 7. The van der Waals surface area contributed by atoms with Crippen LogP contribution >= 0.6 is 0 Å². The largest absolute Gasteiger partial charge is 0.497 e. The summed E-state index contributed by atoms with van der Waals surface area (Å²) in [5.41, 5.74) is 6.32. The number of nitrogens with one attached hydrogen (secondary N) is 1. The second-order valence-corrected chi connectivity index (χ2v) is 9.17.